The van der Waals surface area contributed by atoms with Crippen molar-refractivity contribution in [2.45, 2.75) is 13.3 Å². The highest BCUT2D eigenvalue weighted by Gasteiger charge is 2.03. The number of hydrogen-bond donors (Lipinski definition) is 0. The predicted molar refractivity (Wildman–Crippen MR) is 57.0 cm³/mol. The van der Waals surface area contributed by atoms with Gasteiger partial charge in [0.05, 0.1) is 12.8 Å². The van der Waals surface area contributed by atoms with Gasteiger partial charge in [-0.2, -0.15) is 0 Å². The Morgan fingerprint density at radius 2 is 2.27 bits per heavy atom. The van der Waals surface area contributed by atoms with Gasteiger partial charge < -0.3 is 9.15 Å². The number of ether oxygens (including phenoxy) is 1. The molecule has 1 aromatic carbocycles. The van der Waals surface area contributed by atoms with Crippen LogP contribution in [-0.4, -0.2) is 12.1 Å². The predicted octanol–water partition coefficient (Wildman–Crippen LogP) is 2.58. The van der Waals surface area contributed by atoms with Gasteiger partial charge >= 0.3 is 0 Å². The molecule has 0 aliphatic heterocycles. The van der Waals surface area contributed by atoms with Crippen LogP contribution in [-0.2, 0) is 6.42 Å². The Morgan fingerprint density at radius 1 is 1.40 bits per heavy atom. The van der Waals surface area contributed by atoms with Crippen LogP contribution in [0.1, 0.15) is 17.1 Å². The average Bonchev–Trinajstić information content (AvgIpc) is 2.64. The van der Waals surface area contributed by atoms with Gasteiger partial charge in [-0.15, -0.1) is 0 Å². The molecule has 1 heterocycles. The molecule has 0 atom stereocenters. The molecule has 0 fully saturated rings. The Bertz CT molecular complexity index is 448. The highest BCUT2D eigenvalue weighted by molar-refractivity contribution is 5.29. The summed E-state index contributed by atoms with van der Waals surface area (Å²) in [5.41, 5.74) is 2.05. The van der Waals surface area contributed by atoms with Crippen LogP contribution in [0.25, 0.3) is 0 Å². The van der Waals surface area contributed by atoms with E-state index in [4.69, 9.17) is 9.15 Å². The van der Waals surface area contributed by atoms with E-state index in [1.165, 1.54) is 0 Å². The molecule has 0 amide bonds. The standard InChI is InChI=1S/C12H13NO2/c1-9-8-15-12(13-9)7-10-4-3-5-11(6-10)14-2/h3-6,8H,7H2,1-2H3. The van der Waals surface area contributed by atoms with Crippen molar-refractivity contribution in [3.05, 3.63) is 47.7 Å². The van der Waals surface area contributed by atoms with Crippen molar-refractivity contribution < 1.29 is 9.15 Å². The van der Waals surface area contributed by atoms with E-state index in [1.54, 1.807) is 13.4 Å². The van der Waals surface area contributed by atoms with E-state index < -0.39 is 0 Å². The Morgan fingerprint density at radius 3 is 2.93 bits per heavy atom. The SMILES string of the molecule is COc1cccc(Cc2nc(C)co2)c1. The third-order valence-corrected chi connectivity index (χ3v) is 2.16. The van der Waals surface area contributed by atoms with Crippen LogP contribution < -0.4 is 4.74 Å². The fraction of sp³-hybridized carbons (Fsp3) is 0.250. The van der Waals surface area contributed by atoms with Gasteiger partial charge in [0.15, 0.2) is 5.89 Å². The number of nitrogens with zero attached hydrogens (tertiary/aromatic N) is 1. The maximum absolute atomic E-state index is 5.29. The minimum atomic E-state index is 0.699. The lowest BCUT2D eigenvalue weighted by molar-refractivity contribution is 0.414. The number of aryl methyl sites for hydroxylation is 1. The Balaban J connectivity index is 2.16. The van der Waals surface area contributed by atoms with Crippen LogP contribution in [0.4, 0.5) is 0 Å². The Hall–Kier alpha value is -1.77. The van der Waals surface area contributed by atoms with E-state index in [0.29, 0.717) is 6.42 Å². The molecular formula is C12H13NO2. The summed E-state index contributed by atoms with van der Waals surface area (Å²) in [4.78, 5) is 4.25. The van der Waals surface area contributed by atoms with Crippen LogP contribution >= 0.6 is 0 Å². The lowest BCUT2D eigenvalue weighted by atomic mass is 10.1. The van der Waals surface area contributed by atoms with E-state index >= 15 is 0 Å². The fourth-order valence-electron chi connectivity index (χ4n) is 1.44. The second kappa shape index (κ2) is 4.17. The molecule has 0 aliphatic rings. The molecule has 0 saturated carbocycles. The lowest BCUT2D eigenvalue weighted by Gasteiger charge is -2.01. The van der Waals surface area contributed by atoms with Crippen LogP contribution in [0.15, 0.2) is 34.9 Å². The molecule has 78 valence electrons. The molecule has 2 aromatic rings. The summed E-state index contributed by atoms with van der Waals surface area (Å²) in [5.74, 6) is 1.59. The van der Waals surface area contributed by atoms with Gasteiger partial charge in [0.25, 0.3) is 0 Å². The van der Waals surface area contributed by atoms with E-state index in [1.807, 2.05) is 31.2 Å². The fourth-order valence-corrected chi connectivity index (χ4v) is 1.44. The van der Waals surface area contributed by atoms with Gasteiger partial charge in [0.2, 0.25) is 0 Å². The molecular weight excluding hydrogens is 190 g/mol. The molecule has 15 heavy (non-hydrogen) atoms. The maximum Gasteiger partial charge on any atom is 0.198 e. The zero-order valence-corrected chi connectivity index (χ0v) is 8.86. The third kappa shape index (κ3) is 2.37. The van der Waals surface area contributed by atoms with Gasteiger partial charge in [-0.1, -0.05) is 12.1 Å². The van der Waals surface area contributed by atoms with Crippen LogP contribution in [0.3, 0.4) is 0 Å². The molecule has 0 saturated heterocycles. The molecule has 0 bridgehead atoms. The summed E-state index contributed by atoms with van der Waals surface area (Å²) in [5, 5.41) is 0. The van der Waals surface area contributed by atoms with Crippen LogP contribution in [0, 0.1) is 6.92 Å². The van der Waals surface area contributed by atoms with Crippen molar-refractivity contribution in [3.63, 3.8) is 0 Å². The second-order valence-corrected chi connectivity index (χ2v) is 3.41. The van der Waals surface area contributed by atoms with Crippen molar-refractivity contribution in [1.82, 2.24) is 4.98 Å². The first-order valence-electron chi connectivity index (χ1n) is 4.82. The minimum absolute atomic E-state index is 0.699. The average molecular weight is 203 g/mol. The van der Waals surface area contributed by atoms with Crippen LogP contribution in [0.2, 0.25) is 0 Å². The Labute approximate surface area is 88.7 Å². The molecule has 0 aliphatic carbocycles. The molecule has 0 radical (unpaired) electrons. The van der Waals surface area contributed by atoms with Crippen molar-refractivity contribution >= 4 is 0 Å². The first-order valence-corrected chi connectivity index (χ1v) is 4.82. The van der Waals surface area contributed by atoms with E-state index in [0.717, 1.165) is 22.9 Å². The van der Waals surface area contributed by atoms with Crippen molar-refractivity contribution in [2.24, 2.45) is 0 Å². The molecule has 0 spiro atoms. The van der Waals surface area contributed by atoms with Crippen molar-refractivity contribution in [3.8, 4) is 5.75 Å². The molecule has 0 N–H and O–H groups in total. The highest BCUT2D eigenvalue weighted by Crippen LogP contribution is 2.15. The smallest absolute Gasteiger partial charge is 0.198 e. The van der Waals surface area contributed by atoms with Gasteiger partial charge in [-0.05, 0) is 24.6 Å². The number of aromatic nitrogens is 1. The first-order chi connectivity index (χ1) is 7.28. The van der Waals surface area contributed by atoms with Gasteiger partial charge in [0.1, 0.15) is 12.0 Å². The summed E-state index contributed by atoms with van der Waals surface area (Å²) >= 11 is 0. The molecule has 3 nitrogen and oxygen atoms in total. The Kier molecular flexibility index (Phi) is 2.72. The van der Waals surface area contributed by atoms with Gasteiger partial charge in [-0.25, -0.2) is 4.98 Å². The summed E-state index contributed by atoms with van der Waals surface area (Å²) in [7, 11) is 1.66. The zero-order valence-electron chi connectivity index (χ0n) is 8.86. The van der Waals surface area contributed by atoms with Crippen molar-refractivity contribution in [2.75, 3.05) is 7.11 Å². The summed E-state index contributed by atoms with van der Waals surface area (Å²) in [6.07, 6.45) is 2.36. The lowest BCUT2D eigenvalue weighted by Crippen LogP contribution is -1.90. The summed E-state index contributed by atoms with van der Waals surface area (Å²) < 4.78 is 10.4. The third-order valence-electron chi connectivity index (χ3n) is 2.16. The quantitative estimate of drug-likeness (QED) is 0.769. The molecule has 2 rings (SSSR count). The minimum Gasteiger partial charge on any atom is -0.497 e. The van der Waals surface area contributed by atoms with E-state index in [2.05, 4.69) is 4.98 Å². The number of rotatable bonds is 3. The molecule has 1 aromatic heterocycles. The second-order valence-electron chi connectivity index (χ2n) is 3.41. The monoisotopic (exact) mass is 203 g/mol. The number of hydrogen-bond acceptors (Lipinski definition) is 3. The molecule has 0 unspecified atom stereocenters. The largest absolute Gasteiger partial charge is 0.497 e. The van der Waals surface area contributed by atoms with Gasteiger partial charge in [0, 0.05) is 6.42 Å². The van der Waals surface area contributed by atoms with Crippen LogP contribution in [0.5, 0.6) is 5.75 Å². The van der Waals surface area contributed by atoms with E-state index in [9.17, 15) is 0 Å². The van der Waals surface area contributed by atoms with Crippen molar-refractivity contribution in [1.29, 1.82) is 0 Å². The highest BCUT2D eigenvalue weighted by atomic mass is 16.5. The summed E-state index contributed by atoms with van der Waals surface area (Å²) in [6, 6.07) is 7.90. The zero-order chi connectivity index (χ0) is 10.7. The molecule has 3 heteroatoms. The maximum atomic E-state index is 5.29. The normalized spacial score (nSPS) is 10.3. The number of oxazole rings is 1. The topological polar surface area (TPSA) is 35.3 Å². The van der Waals surface area contributed by atoms with E-state index in [-0.39, 0.29) is 0 Å². The number of benzene rings is 1. The summed E-state index contributed by atoms with van der Waals surface area (Å²) in [6.45, 7) is 1.92. The van der Waals surface area contributed by atoms with Gasteiger partial charge in [-0.3, -0.25) is 0 Å². The first kappa shape index (κ1) is 9.77. The number of methoxy groups -OCH3 is 1.